The summed E-state index contributed by atoms with van der Waals surface area (Å²) in [4.78, 5) is 37.9. The predicted octanol–water partition coefficient (Wildman–Crippen LogP) is 3.73. The fourth-order valence-corrected chi connectivity index (χ4v) is 4.28. The predicted molar refractivity (Wildman–Crippen MR) is 103 cm³/mol. The molecular weight excluding hydrogens is 358 g/mol. The van der Waals surface area contributed by atoms with Crippen molar-refractivity contribution < 1.29 is 14.4 Å². The van der Waals surface area contributed by atoms with Crippen LogP contribution >= 0.6 is 23.5 Å². The monoisotopic (exact) mass is 377 g/mol. The minimum atomic E-state index is -0.788. The average Bonchev–Trinajstić information content (AvgIpc) is 2.74. The summed E-state index contributed by atoms with van der Waals surface area (Å²) in [5, 5.41) is 3.65. The Balaban J connectivity index is 2.05. The Morgan fingerprint density at radius 2 is 2.12 bits per heavy atom. The van der Waals surface area contributed by atoms with Crippen molar-refractivity contribution in [2.24, 2.45) is 5.10 Å². The maximum absolute atomic E-state index is 12.8. The summed E-state index contributed by atoms with van der Waals surface area (Å²) in [5.41, 5.74) is 4.72. The number of hydrazone groups is 1. The van der Waals surface area contributed by atoms with Crippen molar-refractivity contribution in [3.8, 4) is 0 Å². The fraction of sp³-hybridized carbons (Fsp3) is 0.412. The van der Waals surface area contributed by atoms with E-state index in [1.165, 1.54) is 16.7 Å². The molecular formula is C17H19N3O3S2. The molecule has 25 heavy (non-hydrogen) atoms. The van der Waals surface area contributed by atoms with Crippen LogP contribution in [-0.4, -0.2) is 33.1 Å². The summed E-state index contributed by atoms with van der Waals surface area (Å²) in [6, 6.07) is 5.55. The third-order valence-electron chi connectivity index (χ3n) is 4.33. The molecule has 1 N–H and O–H groups in total. The second kappa shape index (κ2) is 6.49. The minimum absolute atomic E-state index is 0.0830. The highest BCUT2D eigenvalue weighted by Gasteiger charge is 2.46. The highest BCUT2D eigenvalue weighted by Crippen LogP contribution is 2.43. The molecule has 1 aromatic carbocycles. The smallest absolute Gasteiger partial charge is 0.273 e. The molecule has 6 nitrogen and oxygen atoms in total. The van der Waals surface area contributed by atoms with Gasteiger partial charge in [-0.3, -0.25) is 14.4 Å². The molecule has 3 amide bonds. The van der Waals surface area contributed by atoms with Gasteiger partial charge in [0.05, 0.1) is 22.1 Å². The Bertz CT molecular complexity index is 804. The van der Waals surface area contributed by atoms with Crippen molar-refractivity contribution in [3.63, 3.8) is 0 Å². The summed E-state index contributed by atoms with van der Waals surface area (Å²) in [7, 11) is 0. The van der Waals surface area contributed by atoms with Gasteiger partial charge in [-0.15, -0.1) is 0 Å². The first-order valence-corrected chi connectivity index (χ1v) is 9.84. The van der Waals surface area contributed by atoms with E-state index >= 15 is 0 Å². The van der Waals surface area contributed by atoms with Gasteiger partial charge in [-0.25, -0.2) is 10.3 Å². The molecule has 1 unspecified atom stereocenters. The number of hydrogen-bond acceptors (Lipinski definition) is 6. The average molecular weight is 377 g/mol. The van der Waals surface area contributed by atoms with Crippen molar-refractivity contribution in [2.45, 2.75) is 38.4 Å². The lowest BCUT2D eigenvalue weighted by molar-refractivity contribution is -0.121. The van der Waals surface area contributed by atoms with Gasteiger partial charge in [0.2, 0.25) is 5.91 Å². The summed E-state index contributed by atoms with van der Waals surface area (Å²) in [6.07, 6.45) is 0. The van der Waals surface area contributed by atoms with Gasteiger partial charge in [-0.2, -0.15) is 5.10 Å². The van der Waals surface area contributed by atoms with Crippen LogP contribution in [0.1, 0.15) is 38.8 Å². The summed E-state index contributed by atoms with van der Waals surface area (Å²) >= 11 is 2.30. The van der Waals surface area contributed by atoms with Crippen LogP contribution in [0.15, 0.2) is 23.3 Å². The number of fused-ring (bicyclic) bond motifs is 1. The number of carbonyl (C=O) groups is 3. The maximum atomic E-state index is 12.8. The van der Waals surface area contributed by atoms with Crippen LogP contribution in [0.5, 0.6) is 0 Å². The highest BCUT2D eigenvalue weighted by atomic mass is 32.2. The van der Waals surface area contributed by atoms with Gasteiger partial charge < -0.3 is 0 Å². The fourth-order valence-electron chi connectivity index (χ4n) is 3.00. The highest BCUT2D eigenvalue weighted by molar-refractivity contribution is 8.14. The lowest BCUT2D eigenvalue weighted by Crippen LogP contribution is -2.38. The van der Waals surface area contributed by atoms with Gasteiger partial charge in [0.15, 0.2) is 0 Å². The number of hydrogen-bond donors (Lipinski definition) is 1. The lowest BCUT2D eigenvalue weighted by Gasteiger charge is -2.20. The summed E-state index contributed by atoms with van der Waals surface area (Å²) < 4.78 is 0. The molecule has 8 heteroatoms. The van der Waals surface area contributed by atoms with Crippen LogP contribution in [0.3, 0.4) is 0 Å². The zero-order valence-corrected chi connectivity index (χ0v) is 16.1. The molecule has 1 aromatic rings. The van der Waals surface area contributed by atoms with E-state index in [0.29, 0.717) is 11.4 Å². The summed E-state index contributed by atoms with van der Waals surface area (Å²) in [5.74, 6) is 0.397. The second-order valence-electron chi connectivity index (χ2n) is 6.35. The number of anilines is 1. The molecule has 0 fully saturated rings. The Morgan fingerprint density at radius 1 is 1.40 bits per heavy atom. The van der Waals surface area contributed by atoms with E-state index in [-0.39, 0.29) is 21.6 Å². The third-order valence-corrected chi connectivity index (χ3v) is 5.93. The van der Waals surface area contributed by atoms with Crippen molar-refractivity contribution in [1.82, 2.24) is 5.43 Å². The molecule has 0 bridgehead atoms. The Morgan fingerprint density at radius 3 is 2.76 bits per heavy atom. The van der Waals surface area contributed by atoms with E-state index in [2.05, 4.69) is 10.5 Å². The van der Waals surface area contributed by atoms with Crippen molar-refractivity contribution >= 4 is 51.3 Å². The molecule has 0 aliphatic carbocycles. The molecule has 0 radical (unpaired) electrons. The molecule has 0 saturated carbocycles. The third kappa shape index (κ3) is 2.97. The number of rotatable bonds is 2. The Hall–Kier alpha value is -1.80. The van der Waals surface area contributed by atoms with E-state index in [4.69, 9.17) is 0 Å². The quantitative estimate of drug-likeness (QED) is 0.849. The number of benzene rings is 1. The number of nitrogens with one attached hydrogen (secondary N) is 1. The van der Waals surface area contributed by atoms with Gasteiger partial charge in [-0.05, 0) is 49.8 Å². The Kier molecular flexibility index (Phi) is 4.68. The number of carbonyl (C=O) groups excluding carboxylic acids is 3. The first-order valence-electron chi connectivity index (χ1n) is 7.97. The Labute approximate surface area is 154 Å². The number of thioether (sulfide) groups is 2. The van der Waals surface area contributed by atoms with Gasteiger partial charge >= 0.3 is 0 Å². The number of nitrogens with zero attached hydrogens (tertiary/aromatic N) is 2. The first kappa shape index (κ1) is 18.0. The molecule has 2 heterocycles. The van der Waals surface area contributed by atoms with Crippen molar-refractivity contribution in [1.29, 1.82) is 0 Å². The number of imide groups is 1. The lowest BCUT2D eigenvalue weighted by atomic mass is 9.85. The zero-order chi connectivity index (χ0) is 18.4. The molecule has 132 valence electrons. The molecule has 3 rings (SSSR count). The largest absolute Gasteiger partial charge is 0.299 e. The minimum Gasteiger partial charge on any atom is -0.273 e. The van der Waals surface area contributed by atoms with Crippen molar-refractivity contribution in [2.75, 3.05) is 10.7 Å². The van der Waals surface area contributed by atoms with Crippen LogP contribution in [0.2, 0.25) is 0 Å². The van der Waals surface area contributed by atoms with Gasteiger partial charge in [0.25, 0.3) is 10.5 Å². The van der Waals surface area contributed by atoms with Crippen molar-refractivity contribution in [3.05, 3.63) is 29.3 Å². The maximum Gasteiger partial charge on any atom is 0.299 e. The van der Waals surface area contributed by atoms with Crippen LogP contribution in [0.25, 0.3) is 0 Å². The number of amides is 3. The van der Waals surface area contributed by atoms with Gasteiger partial charge in [0, 0.05) is 0 Å². The van der Waals surface area contributed by atoms with E-state index in [1.54, 1.807) is 6.07 Å². The molecule has 0 aromatic heterocycles. The van der Waals surface area contributed by atoms with Crippen LogP contribution in [0.4, 0.5) is 15.3 Å². The van der Waals surface area contributed by atoms with E-state index in [1.807, 2.05) is 39.8 Å². The molecule has 0 saturated heterocycles. The van der Waals surface area contributed by atoms with Gasteiger partial charge in [0.1, 0.15) is 0 Å². The second-order valence-corrected chi connectivity index (χ2v) is 8.88. The van der Waals surface area contributed by atoms with Crippen LogP contribution in [0, 0.1) is 0 Å². The molecule has 2 aliphatic rings. The van der Waals surface area contributed by atoms with Crippen LogP contribution < -0.4 is 10.3 Å². The SMILES string of the molecule is CCSC(=O)N1C(=O)C(C)(C)c2cc(C3=NNC(=O)SC3C)ccc21. The first-order chi connectivity index (χ1) is 11.8. The van der Waals surface area contributed by atoms with Crippen LogP contribution in [-0.2, 0) is 10.2 Å². The summed E-state index contributed by atoms with van der Waals surface area (Å²) in [6.45, 7) is 7.45. The molecule has 1 atom stereocenters. The zero-order valence-electron chi connectivity index (χ0n) is 14.5. The molecule has 2 aliphatic heterocycles. The topological polar surface area (TPSA) is 78.8 Å². The van der Waals surface area contributed by atoms with E-state index < -0.39 is 5.41 Å². The standard InChI is InChI=1S/C17H19N3O3S2/c1-5-24-16(23)20-12-7-6-10(8-11(12)17(3,4)14(20)21)13-9(2)25-15(22)19-18-13/h6-9H,5H2,1-4H3,(H,19,22). The van der Waals surface area contributed by atoms with Gasteiger partial charge in [-0.1, -0.05) is 36.5 Å². The molecule has 0 spiro atoms. The van der Waals surface area contributed by atoms with E-state index in [9.17, 15) is 14.4 Å². The van der Waals surface area contributed by atoms with E-state index in [0.717, 1.165) is 28.6 Å². The normalized spacial score (nSPS) is 21.7.